The van der Waals surface area contributed by atoms with E-state index >= 15 is 0 Å². The van der Waals surface area contributed by atoms with Crippen molar-refractivity contribution < 1.29 is 9.47 Å². The number of hydrogen-bond acceptors (Lipinski definition) is 6. The van der Waals surface area contributed by atoms with Gasteiger partial charge >= 0.3 is 0 Å². The molecule has 2 aromatic carbocycles. The monoisotopic (exact) mass is 330 g/mol. The number of nitrogens with two attached hydrogens (primary N) is 1. The molecule has 3 N–H and O–H groups in total. The van der Waals surface area contributed by atoms with Gasteiger partial charge in [0, 0.05) is 27.8 Å². The number of anilines is 3. The molecule has 1 aromatic heterocycles. The average molecular weight is 331 g/mol. The van der Waals surface area contributed by atoms with Crippen LogP contribution in [0.15, 0.2) is 36.7 Å². The van der Waals surface area contributed by atoms with Crippen molar-refractivity contribution in [3.05, 3.63) is 41.7 Å². The van der Waals surface area contributed by atoms with Crippen LogP contribution < -0.4 is 20.5 Å². The standard InChI is InChI=1S/C16H15ClN4O2/c1-22-14-6-12-13(7-15(14)23-2)19-8-20-16(12)21-11-4-9(17)3-10(18)5-11/h3-8H,18H2,1-2H3,(H,19,20,21). The molecule has 0 saturated heterocycles. The Bertz CT molecular complexity index is 850. The third kappa shape index (κ3) is 3.07. The van der Waals surface area contributed by atoms with Crippen LogP contribution in [0.5, 0.6) is 11.5 Å². The third-order valence-electron chi connectivity index (χ3n) is 3.32. The van der Waals surface area contributed by atoms with E-state index in [1.165, 1.54) is 6.33 Å². The summed E-state index contributed by atoms with van der Waals surface area (Å²) in [5.41, 5.74) is 7.85. The van der Waals surface area contributed by atoms with E-state index in [1.807, 2.05) is 6.07 Å². The number of fused-ring (bicyclic) bond motifs is 1. The molecular formula is C16H15ClN4O2. The smallest absolute Gasteiger partial charge is 0.162 e. The van der Waals surface area contributed by atoms with Crippen LogP contribution in [0.25, 0.3) is 10.9 Å². The Morgan fingerprint density at radius 2 is 1.74 bits per heavy atom. The number of halogens is 1. The number of hydrogen-bond donors (Lipinski definition) is 2. The fourth-order valence-corrected chi connectivity index (χ4v) is 2.55. The molecule has 6 nitrogen and oxygen atoms in total. The van der Waals surface area contributed by atoms with E-state index in [0.717, 1.165) is 16.6 Å². The van der Waals surface area contributed by atoms with Crippen molar-refractivity contribution in [1.29, 1.82) is 0 Å². The number of nitrogens with zero attached hydrogens (tertiary/aromatic N) is 2. The minimum atomic E-state index is 0.546. The summed E-state index contributed by atoms with van der Waals surface area (Å²) < 4.78 is 10.6. The van der Waals surface area contributed by atoms with Gasteiger partial charge in [-0.15, -0.1) is 0 Å². The first kappa shape index (κ1) is 15.2. The van der Waals surface area contributed by atoms with E-state index in [1.54, 1.807) is 38.5 Å². The number of aromatic nitrogens is 2. The molecule has 0 aliphatic heterocycles. The highest BCUT2D eigenvalue weighted by molar-refractivity contribution is 6.31. The van der Waals surface area contributed by atoms with E-state index in [4.69, 9.17) is 26.8 Å². The van der Waals surface area contributed by atoms with Crippen molar-refractivity contribution >= 4 is 39.7 Å². The lowest BCUT2D eigenvalue weighted by Crippen LogP contribution is -1.98. The fourth-order valence-electron chi connectivity index (χ4n) is 2.30. The molecule has 0 bridgehead atoms. The van der Waals surface area contributed by atoms with Crippen molar-refractivity contribution in [2.24, 2.45) is 0 Å². The Morgan fingerprint density at radius 3 is 2.43 bits per heavy atom. The molecule has 1 heterocycles. The van der Waals surface area contributed by atoms with Crippen LogP contribution in [-0.4, -0.2) is 24.2 Å². The topological polar surface area (TPSA) is 82.3 Å². The highest BCUT2D eigenvalue weighted by Crippen LogP contribution is 2.34. The molecule has 0 spiro atoms. The molecule has 0 radical (unpaired) electrons. The lowest BCUT2D eigenvalue weighted by molar-refractivity contribution is 0.356. The van der Waals surface area contributed by atoms with Gasteiger partial charge in [-0.1, -0.05) is 11.6 Å². The molecule has 3 aromatic rings. The number of ether oxygens (including phenoxy) is 2. The van der Waals surface area contributed by atoms with Crippen LogP contribution in [0.1, 0.15) is 0 Å². The van der Waals surface area contributed by atoms with Crippen LogP contribution in [0, 0.1) is 0 Å². The zero-order valence-electron chi connectivity index (χ0n) is 12.6. The van der Waals surface area contributed by atoms with Crippen LogP contribution in [-0.2, 0) is 0 Å². The van der Waals surface area contributed by atoms with Gasteiger partial charge in [-0.2, -0.15) is 0 Å². The predicted molar refractivity (Wildman–Crippen MR) is 91.8 cm³/mol. The first-order chi connectivity index (χ1) is 11.1. The van der Waals surface area contributed by atoms with Crippen LogP contribution in [0.4, 0.5) is 17.2 Å². The molecule has 0 aliphatic carbocycles. The van der Waals surface area contributed by atoms with Gasteiger partial charge in [-0.3, -0.25) is 0 Å². The second kappa shape index (κ2) is 6.18. The van der Waals surface area contributed by atoms with Crippen LogP contribution in [0.3, 0.4) is 0 Å². The minimum absolute atomic E-state index is 0.546. The van der Waals surface area contributed by atoms with Crippen molar-refractivity contribution in [3.8, 4) is 11.5 Å². The number of rotatable bonds is 4. The Hall–Kier alpha value is -2.73. The van der Waals surface area contributed by atoms with E-state index in [-0.39, 0.29) is 0 Å². The Morgan fingerprint density at radius 1 is 1.00 bits per heavy atom. The molecule has 0 atom stereocenters. The molecule has 0 unspecified atom stereocenters. The summed E-state index contributed by atoms with van der Waals surface area (Å²) in [6, 6.07) is 8.85. The maximum atomic E-state index is 6.03. The second-order valence-electron chi connectivity index (χ2n) is 4.84. The largest absolute Gasteiger partial charge is 0.493 e. The summed E-state index contributed by atoms with van der Waals surface area (Å²) >= 11 is 6.03. The van der Waals surface area contributed by atoms with E-state index < -0.39 is 0 Å². The van der Waals surface area contributed by atoms with Crippen molar-refractivity contribution in [2.75, 3.05) is 25.3 Å². The quantitative estimate of drug-likeness (QED) is 0.711. The lowest BCUT2D eigenvalue weighted by Gasteiger charge is -2.12. The van der Waals surface area contributed by atoms with E-state index in [9.17, 15) is 0 Å². The lowest BCUT2D eigenvalue weighted by atomic mass is 10.2. The zero-order chi connectivity index (χ0) is 16.4. The van der Waals surface area contributed by atoms with Gasteiger partial charge in [0.15, 0.2) is 11.5 Å². The maximum absolute atomic E-state index is 6.03. The number of nitrogens with one attached hydrogen (secondary N) is 1. The predicted octanol–water partition coefficient (Wildman–Crippen LogP) is 3.63. The highest BCUT2D eigenvalue weighted by Gasteiger charge is 2.11. The summed E-state index contributed by atoms with van der Waals surface area (Å²) in [6.45, 7) is 0. The first-order valence-corrected chi connectivity index (χ1v) is 7.18. The van der Waals surface area contributed by atoms with Gasteiger partial charge in [0.05, 0.1) is 19.7 Å². The normalized spacial score (nSPS) is 10.6. The second-order valence-corrected chi connectivity index (χ2v) is 5.28. The third-order valence-corrected chi connectivity index (χ3v) is 3.54. The number of methoxy groups -OCH3 is 2. The molecule has 0 amide bonds. The maximum Gasteiger partial charge on any atom is 0.162 e. The van der Waals surface area contributed by atoms with E-state index in [2.05, 4.69) is 15.3 Å². The molecule has 0 fully saturated rings. The molecule has 0 aliphatic rings. The highest BCUT2D eigenvalue weighted by atomic mass is 35.5. The summed E-state index contributed by atoms with van der Waals surface area (Å²) in [5, 5.41) is 4.55. The fraction of sp³-hybridized carbons (Fsp3) is 0.125. The number of nitrogen functional groups attached to an aromatic ring is 1. The van der Waals surface area contributed by atoms with Crippen LogP contribution >= 0.6 is 11.6 Å². The van der Waals surface area contributed by atoms with Crippen LogP contribution in [0.2, 0.25) is 5.02 Å². The zero-order valence-corrected chi connectivity index (χ0v) is 13.4. The molecule has 3 rings (SSSR count). The summed E-state index contributed by atoms with van der Waals surface area (Å²) in [4.78, 5) is 8.56. The molecule has 23 heavy (non-hydrogen) atoms. The molecule has 7 heteroatoms. The molecule has 0 saturated carbocycles. The molecule has 118 valence electrons. The SMILES string of the molecule is COc1cc2ncnc(Nc3cc(N)cc(Cl)c3)c2cc1OC. The minimum Gasteiger partial charge on any atom is -0.493 e. The summed E-state index contributed by atoms with van der Waals surface area (Å²) in [7, 11) is 3.16. The molecular weight excluding hydrogens is 316 g/mol. The van der Waals surface area contributed by atoms with Crippen molar-refractivity contribution in [1.82, 2.24) is 9.97 Å². The van der Waals surface area contributed by atoms with Gasteiger partial charge in [-0.05, 0) is 24.3 Å². The summed E-state index contributed by atoms with van der Waals surface area (Å²) in [6.07, 6.45) is 1.48. The first-order valence-electron chi connectivity index (χ1n) is 6.80. The van der Waals surface area contributed by atoms with Gasteiger partial charge in [-0.25, -0.2) is 9.97 Å². The summed E-state index contributed by atoms with van der Waals surface area (Å²) in [5.74, 6) is 1.83. The van der Waals surface area contributed by atoms with Gasteiger partial charge < -0.3 is 20.5 Å². The number of benzene rings is 2. The Labute approximate surface area is 138 Å². The Balaban J connectivity index is 2.10. The van der Waals surface area contributed by atoms with Gasteiger partial charge in [0.25, 0.3) is 0 Å². The van der Waals surface area contributed by atoms with Crippen molar-refractivity contribution in [2.45, 2.75) is 0 Å². The van der Waals surface area contributed by atoms with Gasteiger partial charge in [0.1, 0.15) is 12.1 Å². The van der Waals surface area contributed by atoms with Gasteiger partial charge in [0.2, 0.25) is 0 Å². The average Bonchev–Trinajstić information content (AvgIpc) is 2.53. The van der Waals surface area contributed by atoms with Crippen molar-refractivity contribution in [3.63, 3.8) is 0 Å². The van der Waals surface area contributed by atoms with E-state index in [0.29, 0.717) is 28.0 Å². The Kier molecular flexibility index (Phi) is 4.08.